The zero-order chi connectivity index (χ0) is 32.4. The average Bonchev–Trinajstić information content (AvgIpc) is 3.31. The maximum Gasteiger partial charge on any atom is 0.417 e. The normalized spacial score (nSPS) is 14.3. The van der Waals surface area contributed by atoms with Gasteiger partial charge in [0, 0.05) is 64.5 Å². The minimum Gasteiger partial charge on any atom is -0.449 e. The molecule has 1 aromatic carbocycles. The topological polar surface area (TPSA) is 105 Å². The number of carbonyl (C=O) groups is 1. The predicted octanol–water partition coefficient (Wildman–Crippen LogP) is 7.15. The standard InChI is InChI=1S/C31H43BrN6O4SSi2/c1-44(2,3)17-13-41-21-37(31(40)42-14-18-45(4,5)6)30-26(32)28(36-11-15-43-16-12-36)34-27-25(29(39)35-38(27)30)23-19-22-9-7-8-10-24(22)33-20-23/h7-10,19-20H,11-18,21H2,1-6H3,(H,35,39). The van der Waals surface area contributed by atoms with E-state index in [2.05, 4.69) is 70.2 Å². The van der Waals surface area contributed by atoms with Crippen LogP contribution in [0.2, 0.25) is 51.4 Å². The summed E-state index contributed by atoms with van der Waals surface area (Å²) in [6, 6.07) is 11.5. The maximum absolute atomic E-state index is 13.9. The fourth-order valence-electron chi connectivity index (χ4n) is 4.98. The number of ether oxygens (including phenoxy) is 2. The van der Waals surface area contributed by atoms with Crippen molar-refractivity contribution in [1.29, 1.82) is 0 Å². The van der Waals surface area contributed by atoms with Crippen molar-refractivity contribution in [1.82, 2.24) is 19.6 Å². The van der Waals surface area contributed by atoms with E-state index < -0.39 is 22.2 Å². The Bertz CT molecular complexity index is 1730. The van der Waals surface area contributed by atoms with Crippen LogP contribution in [-0.2, 0) is 9.47 Å². The number of H-pyrrole nitrogens is 1. The summed E-state index contributed by atoms with van der Waals surface area (Å²) in [5, 5.41) is 3.89. The Kier molecular flexibility index (Phi) is 10.5. The molecule has 0 radical (unpaired) electrons. The minimum atomic E-state index is -1.45. The van der Waals surface area contributed by atoms with E-state index in [0.29, 0.717) is 46.1 Å². The van der Waals surface area contributed by atoms with Gasteiger partial charge in [-0.2, -0.15) is 11.8 Å². The highest BCUT2D eigenvalue weighted by Crippen LogP contribution is 2.38. The number of hydrogen-bond acceptors (Lipinski definition) is 8. The number of aromatic amines is 1. The Hall–Kier alpha value is -2.66. The van der Waals surface area contributed by atoms with Crippen LogP contribution in [0.15, 0.2) is 45.8 Å². The molecule has 10 nitrogen and oxygen atoms in total. The highest BCUT2D eigenvalue weighted by molar-refractivity contribution is 9.10. The Labute approximate surface area is 279 Å². The number of pyridine rings is 1. The zero-order valence-corrected chi connectivity index (χ0v) is 31.4. The number of nitrogens with zero attached hydrogens (tertiary/aromatic N) is 5. The van der Waals surface area contributed by atoms with Gasteiger partial charge >= 0.3 is 6.09 Å². The molecule has 1 aliphatic heterocycles. The number of hydrogen-bond donors (Lipinski definition) is 1. The van der Waals surface area contributed by atoms with Gasteiger partial charge in [-0.25, -0.2) is 19.2 Å². The number of halogens is 1. The summed E-state index contributed by atoms with van der Waals surface area (Å²) in [4.78, 5) is 41.0. The fraction of sp³-hybridized carbons (Fsp3) is 0.484. The highest BCUT2D eigenvalue weighted by Gasteiger charge is 2.31. The van der Waals surface area contributed by atoms with Gasteiger partial charge in [-0.1, -0.05) is 57.5 Å². The lowest BCUT2D eigenvalue weighted by atomic mass is 10.1. The van der Waals surface area contributed by atoms with Crippen molar-refractivity contribution >= 4 is 78.1 Å². The van der Waals surface area contributed by atoms with Gasteiger partial charge in [-0.05, 0) is 40.2 Å². The Balaban J connectivity index is 1.65. The quantitative estimate of drug-likeness (QED) is 0.0986. The number of carbonyl (C=O) groups excluding carboxylic acids is 1. The minimum absolute atomic E-state index is 0.0314. The molecule has 242 valence electrons. The first-order valence-electron chi connectivity index (χ1n) is 15.4. The van der Waals surface area contributed by atoms with Crippen LogP contribution in [-0.4, -0.2) is 86.4 Å². The molecule has 45 heavy (non-hydrogen) atoms. The first kappa shape index (κ1) is 33.7. The molecule has 3 aromatic heterocycles. The summed E-state index contributed by atoms with van der Waals surface area (Å²) in [7, 11) is -2.81. The van der Waals surface area contributed by atoms with Crippen molar-refractivity contribution in [2.75, 3.05) is 54.3 Å². The summed E-state index contributed by atoms with van der Waals surface area (Å²) in [5.74, 6) is 2.99. The highest BCUT2D eigenvalue weighted by atomic mass is 79.9. The number of nitrogens with one attached hydrogen (secondary N) is 1. The molecule has 1 N–H and O–H groups in total. The van der Waals surface area contributed by atoms with Gasteiger partial charge in [-0.3, -0.25) is 14.9 Å². The van der Waals surface area contributed by atoms with Crippen LogP contribution < -0.4 is 15.4 Å². The van der Waals surface area contributed by atoms with E-state index in [4.69, 9.17) is 14.5 Å². The third-order valence-corrected chi connectivity index (χ3v) is 12.7. The lowest BCUT2D eigenvalue weighted by Gasteiger charge is -2.31. The van der Waals surface area contributed by atoms with Crippen molar-refractivity contribution in [3.05, 3.63) is 51.4 Å². The molecular formula is C31H43BrN6O4SSi2. The Morgan fingerprint density at radius 2 is 1.76 bits per heavy atom. The third-order valence-electron chi connectivity index (χ3n) is 7.65. The van der Waals surface area contributed by atoms with E-state index in [1.165, 1.54) is 4.90 Å². The number of rotatable bonds is 11. The van der Waals surface area contributed by atoms with Gasteiger partial charge in [0.1, 0.15) is 17.0 Å². The molecule has 0 bridgehead atoms. The fourth-order valence-corrected chi connectivity index (χ4v) is 8.08. The largest absolute Gasteiger partial charge is 0.449 e. The van der Waals surface area contributed by atoms with Gasteiger partial charge in [0.05, 0.1) is 17.7 Å². The lowest BCUT2D eigenvalue weighted by Crippen LogP contribution is -2.38. The number of fused-ring (bicyclic) bond motifs is 2. The van der Waals surface area contributed by atoms with Crippen molar-refractivity contribution in [3.63, 3.8) is 0 Å². The van der Waals surface area contributed by atoms with E-state index >= 15 is 0 Å². The summed E-state index contributed by atoms with van der Waals surface area (Å²) >= 11 is 5.71. The van der Waals surface area contributed by atoms with E-state index in [9.17, 15) is 9.59 Å². The number of para-hydroxylation sites is 1. The number of amides is 1. The van der Waals surface area contributed by atoms with Gasteiger partial charge in [0.15, 0.2) is 11.5 Å². The summed E-state index contributed by atoms with van der Waals surface area (Å²) < 4.78 is 14.2. The van der Waals surface area contributed by atoms with Crippen LogP contribution in [0.5, 0.6) is 0 Å². The third kappa shape index (κ3) is 8.20. The molecule has 0 aliphatic carbocycles. The smallest absolute Gasteiger partial charge is 0.417 e. The number of thioether (sulfide) groups is 1. The second-order valence-corrected chi connectivity index (χ2v) is 27.0. The van der Waals surface area contributed by atoms with Crippen LogP contribution >= 0.6 is 27.7 Å². The van der Waals surface area contributed by atoms with E-state index in [-0.39, 0.29) is 12.3 Å². The van der Waals surface area contributed by atoms with Crippen LogP contribution in [0.25, 0.3) is 27.7 Å². The molecule has 4 heterocycles. The molecule has 4 aromatic rings. The van der Waals surface area contributed by atoms with Gasteiger partial charge in [0.25, 0.3) is 5.56 Å². The average molecular weight is 732 g/mol. The summed E-state index contributed by atoms with van der Waals surface area (Å²) in [6.07, 6.45) is 1.17. The van der Waals surface area contributed by atoms with Crippen LogP contribution in [0.4, 0.5) is 16.4 Å². The van der Waals surface area contributed by atoms with Crippen molar-refractivity contribution < 1.29 is 14.3 Å². The monoisotopic (exact) mass is 730 g/mol. The molecule has 1 aliphatic rings. The second-order valence-electron chi connectivity index (χ2n) is 13.8. The molecule has 14 heteroatoms. The van der Waals surface area contributed by atoms with Gasteiger partial charge in [-0.15, -0.1) is 0 Å². The van der Waals surface area contributed by atoms with E-state index in [1.807, 2.05) is 42.1 Å². The van der Waals surface area contributed by atoms with Gasteiger partial charge in [0.2, 0.25) is 0 Å². The first-order chi connectivity index (χ1) is 21.3. The number of aromatic nitrogens is 4. The Morgan fingerprint density at radius 3 is 2.47 bits per heavy atom. The summed E-state index contributed by atoms with van der Waals surface area (Å²) in [6.45, 7) is 16.0. The maximum atomic E-state index is 13.9. The lowest BCUT2D eigenvalue weighted by molar-refractivity contribution is 0.121. The molecule has 1 amide bonds. The molecule has 1 saturated heterocycles. The first-order valence-corrected chi connectivity index (χ1v) is 24.7. The molecule has 0 unspecified atom stereocenters. The number of anilines is 2. The van der Waals surface area contributed by atoms with Crippen LogP contribution in [0, 0.1) is 0 Å². The number of benzene rings is 1. The molecule has 1 fully saturated rings. The Morgan fingerprint density at radius 1 is 1.07 bits per heavy atom. The van der Waals surface area contributed by atoms with Crippen molar-refractivity contribution in [2.24, 2.45) is 0 Å². The van der Waals surface area contributed by atoms with E-state index in [1.54, 1.807) is 10.7 Å². The van der Waals surface area contributed by atoms with Crippen LogP contribution in [0.3, 0.4) is 0 Å². The van der Waals surface area contributed by atoms with Crippen molar-refractivity contribution in [3.8, 4) is 11.1 Å². The van der Waals surface area contributed by atoms with Crippen LogP contribution in [0.1, 0.15) is 0 Å². The molecule has 0 saturated carbocycles. The molecular weight excluding hydrogens is 689 g/mol. The van der Waals surface area contributed by atoms with Gasteiger partial charge < -0.3 is 14.4 Å². The molecule has 0 atom stereocenters. The second kappa shape index (κ2) is 14.0. The zero-order valence-electron chi connectivity index (χ0n) is 27.0. The molecule has 5 rings (SSSR count). The van der Waals surface area contributed by atoms with Crippen molar-refractivity contribution in [2.45, 2.75) is 51.4 Å². The predicted molar refractivity (Wildman–Crippen MR) is 195 cm³/mol. The molecule has 0 spiro atoms. The summed E-state index contributed by atoms with van der Waals surface area (Å²) in [5.41, 5.74) is 1.96. The SMILES string of the molecule is C[Si](C)(C)CCOCN(C(=O)OCC[Si](C)(C)C)c1c(Br)c(N2CCSCC2)nc2c(-c3cnc4ccccc4c3)c(=O)[nH]n12. The van der Waals surface area contributed by atoms with E-state index in [0.717, 1.165) is 47.6 Å².